The van der Waals surface area contributed by atoms with Crippen LogP contribution in [0, 0.1) is 0 Å². The first-order chi connectivity index (χ1) is 20.2. The molecule has 0 aliphatic carbocycles. The van der Waals surface area contributed by atoms with Crippen LogP contribution in [0.25, 0.3) is 10.9 Å². The van der Waals surface area contributed by atoms with Gasteiger partial charge in [0.15, 0.2) is 0 Å². The van der Waals surface area contributed by atoms with Gasteiger partial charge in [0.25, 0.3) is 5.91 Å². The van der Waals surface area contributed by atoms with Gasteiger partial charge in [-0.05, 0) is 63.2 Å². The SMILES string of the molecule is C=C(NCCN(C)C)C(=O)C(=O)CN/C(C)=C/C(=C\C)NC(=O)c1sccc1NCc1ccnc2ccccc12.CC. The molecule has 2 aromatic heterocycles. The van der Waals surface area contributed by atoms with Crippen LogP contribution in [0.2, 0.25) is 0 Å². The Morgan fingerprint density at radius 3 is 2.52 bits per heavy atom. The van der Waals surface area contributed by atoms with Gasteiger partial charge in [-0.15, -0.1) is 11.3 Å². The minimum atomic E-state index is -0.656. The van der Waals surface area contributed by atoms with Crippen LogP contribution >= 0.6 is 11.3 Å². The van der Waals surface area contributed by atoms with Crippen LogP contribution < -0.4 is 21.3 Å². The topological polar surface area (TPSA) is 115 Å². The van der Waals surface area contributed by atoms with Gasteiger partial charge >= 0.3 is 0 Å². The zero-order valence-electron chi connectivity index (χ0n) is 25.3. The van der Waals surface area contributed by atoms with E-state index in [-0.39, 0.29) is 18.1 Å². The van der Waals surface area contributed by atoms with E-state index >= 15 is 0 Å². The highest BCUT2D eigenvalue weighted by Crippen LogP contribution is 2.24. The molecule has 224 valence electrons. The van der Waals surface area contributed by atoms with Gasteiger partial charge in [0, 0.05) is 42.6 Å². The third-order valence-corrected chi connectivity index (χ3v) is 6.89. The van der Waals surface area contributed by atoms with Crippen LogP contribution in [0.15, 0.2) is 83.8 Å². The molecule has 1 aromatic carbocycles. The number of hydrogen-bond donors (Lipinski definition) is 4. The maximum absolute atomic E-state index is 13.1. The van der Waals surface area contributed by atoms with Crippen molar-refractivity contribution in [2.24, 2.45) is 0 Å². The third kappa shape index (κ3) is 10.3. The average molecular weight is 591 g/mol. The van der Waals surface area contributed by atoms with E-state index in [9.17, 15) is 14.4 Å². The number of rotatable bonds is 15. The van der Waals surface area contributed by atoms with E-state index in [2.05, 4.69) is 32.8 Å². The molecule has 2 heterocycles. The summed E-state index contributed by atoms with van der Waals surface area (Å²) in [4.78, 5) is 44.6. The smallest absolute Gasteiger partial charge is 0.267 e. The van der Waals surface area contributed by atoms with E-state index in [4.69, 9.17) is 0 Å². The van der Waals surface area contributed by atoms with Crippen LogP contribution in [0.5, 0.6) is 0 Å². The summed E-state index contributed by atoms with van der Waals surface area (Å²) < 4.78 is 0. The Hall–Kier alpha value is -4.28. The molecule has 0 fully saturated rings. The molecule has 0 aliphatic heterocycles. The summed E-state index contributed by atoms with van der Waals surface area (Å²) in [6, 6.07) is 11.8. The van der Waals surface area contributed by atoms with E-state index in [1.165, 1.54) is 11.3 Å². The van der Waals surface area contributed by atoms with Crippen LogP contribution in [-0.4, -0.2) is 61.1 Å². The lowest BCUT2D eigenvalue weighted by molar-refractivity contribution is -0.134. The van der Waals surface area contributed by atoms with Crippen molar-refractivity contribution >= 4 is 45.4 Å². The molecular weight excluding hydrogens is 548 g/mol. The Balaban J connectivity index is 0.00000301. The lowest BCUT2D eigenvalue weighted by atomic mass is 10.1. The zero-order chi connectivity index (χ0) is 31.1. The highest BCUT2D eigenvalue weighted by molar-refractivity contribution is 7.12. The number of aromatic nitrogens is 1. The van der Waals surface area contributed by atoms with Gasteiger partial charge in [-0.3, -0.25) is 19.4 Å². The molecule has 1 amide bonds. The number of carbonyl (C=O) groups excluding carboxylic acids is 3. The number of nitrogens with zero attached hydrogens (tertiary/aromatic N) is 2. The van der Waals surface area contributed by atoms with E-state index in [1.54, 1.807) is 32.2 Å². The van der Waals surface area contributed by atoms with Gasteiger partial charge in [0.05, 0.1) is 23.4 Å². The van der Waals surface area contributed by atoms with E-state index < -0.39 is 11.6 Å². The largest absolute Gasteiger partial charge is 0.381 e. The number of anilines is 1. The summed E-state index contributed by atoms with van der Waals surface area (Å²) in [5.41, 5.74) is 4.00. The maximum Gasteiger partial charge on any atom is 0.267 e. The number of benzene rings is 1. The van der Waals surface area contributed by atoms with Crippen molar-refractivity contribution < 1.29 is 14.4 Å². The Bertz CT molecular complexity index is 1440. The van der Waals surface area contributed by atoms with Gasteiger partial charge < -0.3 is 26.2 Å². The fourth-order valence-electron chi connectivity index (χ4n) is 3.77. The van der Waals surface area contributed by atoms with Crippen molar-refractivity contribution in [1.29, 1.82) is 0 Å². The monoisotopic (exact) mass is 590 g/mol. The molecule has 3 aromatic rings. The molecule has 0 spiro atoms. The molecular formula is C32H42N6O3S. The Morgan fingerprint density at radius 1 is 1.07 bits per heavy atom. The van der Waals surface area contributed by atoms with Crippen molar-refractivity contribution in [3.63, 3.8) is 0 Å². The highest BCUT2D eigenvalue weighted by atomic mass is 32.1. The summed E-state index contributed by atoms with van der Waals surface area (Å²) in [6.45, 7) is 12.8. The number of fused-ring (bicyclic) bond motifs is 1. The number of pyridine rings is 1. The number of amides is 1. The summed E-state index contributed by atoms with van der Waals surface area (Å²) in [5.74, 6) is -1.51. The summed E-state index contributed by atoms with van der Waals surface area (Å²) >= 11 is 1.35. The zero-order valence-corrected chi connectivity index (χ0v) is 26.2. The molecule has 42 heavy (non-hydrogen) atoms. The standard InChI is InChI=1S/C30H36N6O3S.C2H6/c1-6-23(17-20(2)33-19-27(37)28(38)21(3)31-14-15-36(4)5)35-30(39)29-26(12-16-40-29)34-18-22-11-13-32-25-10-8-7-9-24(22)25;1-2/h6-13,16-17,31,33-34H,3,14-15,18-19H2,1-2,4-5H3,(H,35,39);1-2H3/b20-17+,23-6+;. The van der Waals surface area contributed by atoms with Gasteiger partial charge in [0.1, 0.15) is 4.88 Å². The Morgan fingerprint density at radius 2 is 1.81 bits per heavy atom. The second-order valence-electron chi connectivity index (χ2n) is 9.34. The van der Waals surface area contributed by atoms with Gasteiger partial charge in [0.2, 0.25) is 11.6 Å². The predicted molar refractivity (Wildman–Crippen MR) is 173 cm³/mol. The molecule has 0 radical (unpaired) electrons. The first-order valence-corrected chi connectivity index (χ1v) is 14.8. The Labute approximate surface area is 252 Å². The summed E-state index contributed by atoms with van der Waals surface area (Å²) in [7, 11) is 3.83. The number of hydrogen-bond acceptors (Lipinski definition) is 9. The molecule has 10 heteroatoms. The first kappa shape index (κ1) is 33.9. The van der Waals surface area contributed by atoms with E-state index in [0.29, 0.717) is 35.9 Å². The molecule has 0 aliphatic rings. The number of para-hydroxylation sites is 1. The second kappa shape index (κ2) is 17.5. The molecule has 0 unspecified atom stereocenters. The van der Waals surface area contributed by atoms with Crippen molar-refractivity contribution in [2.75, 3.05) is 39.0 Å². The van der Waals surface area contributed by atoms with Crippen molar-refractivity contribution in [2.45, 2.75) is 34.2 Å². The molecule has 3 rings (SSSR count). The average Bonchev–Trinajstić information content (AvgIpc) is 3.47. The van der Waals surface area contributed by atoms with Crippen LogP contribution in [0.1, 0.15) is 42.9 Å². The van der Waals surface area contributed by atoms with Crippen molar-refractivity contribution in [3.8, 4) is 0 Å². The lowest BCUT2D eigenvalue weighted by Crippen LogP contribution is -2.34. The number of thiophene rings is 1. The molecule has 0 saturated heterocycles. The second-order valence-corrected chi connectivity index (χ2v) is 10.3. The normalized spacial score (nSPS) is 11.4. The first-order valence-electron chi connectivity index (χ1n) is 13.9. The molecule has 4 N–H and O–H groups in total. The number of Topliss-reactive ketones (excluding diaryl/α,β-unsaturated/α-hetero) is 2. The molecule has 0 saturated carbocycles. The molecule has 0 bridgehead atoms. The van der Waals surface area contributed by atoms with E-state index in [1.807, 2.05) is 74.6 Å². The van der Waals surface area contributed by atoms with Gasteiger partial charge in [-0.1, -0.05) is 44.7 Å². The highest BCUT2D eigenvalue weighted by Gasteiger charge is 2.17. The maximum atomic E-state index is 13.1. The fourth-order valence-corrected chi connectivity index (χ4v) is 4.53. The quantitative estimate of drug-likeness (QED) is 0.113. The molecule has 9 nitrogen and oxygen atoms in total. The lowest BCUT2D eigenvalue weighted by Gasteiger charge is -2.13. The minimum Gasteiger partial charge on any atom is -0.381 e. The van der Waals surface area contributed by atoms with E-state index in [0.717, 1.165) is 22.2 Å². The Kier molecular flexibility index (Phi) is 14.1. The number of nitrogens with one attached hydrogen (secondary N) is 4. The van der Waals surface area contributed by atoms with Crippen LogP contribution in [0.3, 0.4) is 0 Å². The van der Waals surface area contributed by atoms with Crippen LogP contribution in [0.4, 0.5) is 5.69 Å². The van der Waals surface area contributed by atoms with Crippen molar-refractivity contribution in [1.82, 2.24) is 25.8 Å². The number of ketones is 2. The van der Waals surface area contributed by atoms with Gasteiger partial charge in [-0.25, -0.2) is 0 Å². The summed E-state index contributed by atoms with van der Waals surface area (Å²) in [6.07, 6.45) is 5.25. The molecule has 0 atom stereocenters. The van der Waals surface area contributed by atoms with Crippen LogP contribution in [-0.2, 0) is 16.1 Å². The minimum absolute atomic E-state index is 0.0779. The number of likely N-dealkylation sites (N-methyl/N-ethyl adjacent to an activating group) is 1. The number of allylic oxidation sites excluding steroid dienone is 4. The van der Waals surface area contributed by atoms with Gasteiger partial charge in [-0.2, -0.15) is 0 Å². The third-order valence-electron chi connectivity index (χ3n) is 5.97. The predicted octanol–water partition coefficient (Wildman–Crippen LogP) is 4.86. The summed E-state index contributed by atoms with van der Waals surface area (Å²) in [5, 5.41) is 15.0. The fraction of sp³-hybridized carbons (Fsp3) is 0.312. The van der Waals surface area contributed by atoms with Crippen molar-refractivity contribution in [3.05, 3.63) is 94.2 Å². The number of carbonyl (C=O) groups is 3.